The average Bonchev–Trinajstić information content (AvgIpc) is 2.60. The molecule has 0 fully saturated rings. The average molecular weight is 392 g/mol. The maximum atomic E-state index is 12.2. The summed E-state index contributed by atoms with van der Waals surface area (Å²) in [6, 6.07) is 11.5. The molecule has 3 N–H and O–H groups in total. The Hall–Kier alpha value is -2.82. The van der Waals surface area contributed by atoms with Gasteiger partial charge in [0.2, 0.25) is 15.9 Å². The minimum absolute atomic E-state index is 0.0250. The molecule has 2 aromatic carbocycles. The Kier molecular flexibility index (Phi) is 6.26. The smallest absolute Gasteiger partial charge is 0.269 e. The zero-order valence-corrected chi connectivity index (χ0v) is 15.6. The highest BCUT2D eigenvalue weighted by molar-refractivity contribution is 7.89. The molecule has 144 valence electrons. The second-order valence-corrected chi connectivity index (χ2v) is 7.62. The third-order valence-corrected chi connectivity index (χ3v) is 5.04. The Balaban J connectivity index is 1.97. The van der Waals surface area contributed by atoms with Crippen LogP contribution in [0.1, 0.15) is 18.5 Å². The van der Waals surface area contributed by atoms with Crippen molar-refractivity contribution in [2.75, 3.05) is 18.9 Å². The molecule has 10 heteroatoms. The third-order valence-electron chi connectivity index (χ3n) is 4.11. The fraction of sp³-hybridized carbons (Fsp3) is 0.235. The Morgan fingerprint density at radius 3 is 2.22 bits per heavy atom. The second kappa shape index (κ2) is 8.25. The molecule has 27 heavy (non-hydrogen) atoms. The maximum Gasteiger partial charge on any atom is 0.269 e. The summed E-state index contributed by atoms with van der Waals surface area (Å²) in [5.41, 5.74) is 1.24. The summed E-state index contributed by atoms with van der Waals surface area (Å²) in [6.45, 7) is 1.96. The van der Waals surface area contributed by atoms with Crippen LogP contribution in [0.4, 0.5) is 11.4 Å². The highest BCUT2D eigenvalue weighted by Crippen LogP contribution is 2.20. The van der Waals surface area contributed by atoms with E-state index in [1.807, 2.05) is 6.92 Å². The van der Waals surface area contributed by atoms with E-state index in [4.69, 9.17) is 5.14 Å². The van der Waals surface area contributed by atoms with Crippen LogP contribution in [0.15, 0.2) is 53.4 Å². The molecule has 0 aromatic heterocycles. The van der Waals surface area contributed by atoms with Crippen molar-refractivity contribution in [1.29, 1.82) is 0 Å². The van der Waals surface area contributed by atoms with E-state index >= 15 is 0 Å². The van der Waals surface area contributed by atoms with E-state index in [2.05, 4.69) is 5.32 Å². The number of carbonyl (C=O) groups is 1. The molecule has 0 spiro atoms. The van der Waals surface area contributed by atoms with Crippen molar-refractivity contribution in [3.8, 4) is 0 Å². The highest BCUT2D eigenvalue weighted by atomic mass is 32.2. The van der Waals surface area contributed by atoms with E-state index < -0.39 is 14.9 Å². The van der Waals surface area contributed by atoms with Crippen LogP contribution in [0, 0.1) is 10.1 Å². The summed E-state index contributed by atoms with van der Waals surface area (Å²) in [6.07, 6.45) is 0. The number of amides is 1. The second-order valence-electron chi connectivity index (χ2n) is 6.06. The van der Waals surface area contributed by atoms with Crippen LogP contribution in [0.5, 0.6) is 0 Å². The number of nitrogens with zero attached hydrogens (tertiary/aromatic N) is 2. The van der Waals surface area contributed by atoms with E-state index in [9.17, 15) is 23.3 Å². The van der Waals surface area contributed by atoms with Crippen molar-refractivity contribution in [3.05, 3.63) is 64.2 Å². The molecule has 1 unspecified atom stereocenters. The minimum Gasteiger partial charge on any atom is -0.325 e. The number of carbonyl (C=O) groups excluding carboxylic acids is 1. The van der Waals surface area contributed by atoms with Gasteiger partial charge in [-0.2, -0.15) is 0 Å². The lowest BCUT2D eigenvalue weighted by Crippen LogP contribution is -2.32. The lowest BCUT2D eigenvalue weighted by atomic mass is 10.1. The normalized spacial score (nSPS) is 12.6. The first-order valence-electron chi connectivity index (χ1n) is 7.95. The summed E-state index contributed by atoms with van der Waals surface area (Å²) < 4.78 is 22.6. The van der Waals surface area contributed by atoms with Crippen molar-refractivity contribution in [2.45, 2.75) is 17.9 Å². The molecule has 0 aliphatic heterocycles. The van der Waals surface area contributed by atoms with Crippen LogP contribution < -0.4 is 10.5 Å². The van der Waals surface area contributed by atoms with E-state index in [1.54, 1.807) is 24.1 Å². The van der Waals surface area contributed by atoms with Gasteiger partial charge in [-0.1, -0.05) is 12.1 Å². The number of hydrogen-bond donors (Lipinski definition) is 2. The van der Waals surface area contributed by atoms with Gasteiger partial charge in [0.1, 0.15) is 0 Å². The molecule has 0 saturated carbocycles. The predicted octanol–water partition coefficient (Wildman–Crippen LogP) is 1.87. The van der Waals surface area contributed by atoms with Crippen molar-refractivity contribution < 1.29 is 18.1 Å². The Morgan fingerprint density at radius 1 is 1.19 bits per heavy atom. The van der Waals surface area contributed by atoms with Gasteiger partial charge in [0.25, 0.3) is 5.69 Å². The number of nitro groups is 1. The van der Waals surface area contributed by atoms with Crippen molar-refractivity contribution in [1.82, 2.24) is 4.90 Å². The number of nitrogens with one attached hydrogen (secondary N) is 1. The molecule has 2 aromatic rings. The summed E-state index contributed by atoms with van der Waals surface area (Å²) in [5.74, 6) is -0.278. The van der Waals surface area contributed by atoms with E-state index in [0.29, 0.717) is 5.69 Å². The molecule has 0 aliphatic carbocycles. The van der Waals surface area contributed by atoms with Gasteiger partial charge in [0.05, 0.1) is 16.4 Å². The largest absolute Gasteiger partial charge is 0.325 e. The molecular formula is C17H20N4O5S. The zero-order valence-electron chi connectivity index (χ0n) is 14.8. The first-order valence-corrected chi connectivity index (χ1v) is 9.50. The number of nitro benzene ring substituents is 1. The first kappa shape index (κ1) is 20.5. The lowest BCUT2D eigenvalue weighted by molar-refractivity contribution is -0.384. The zero-order chi connectivity index (χ0) is 20.2. The standard InChI is InChI=1S/C17H20N4O5S/c1-12(13-3-9-16(10-4-13)27(18,25)26)20(2)11-17(22)19-14-5-7-15(8-6-14)21(23)24/h3-10,12H,11H2,1-2H3,(H,19,22)(H2,18,25,26). The molecule has 9 nitrogen and oxygen atoms in total. The van der Waals surface area contributed by atoms with Gasteiger partial charge in [-0.25, -0.2) is 13.6 Å². The number of primary sulfonamides is 1. The fourth-order valence-corrected chi connectivity index (χ4v) is 2.94. The molecule has 0 bridgehead atoms. The number of sulfonamides is 1. The number of benzene rings is 2. The Bertz CT molecular complexity index is 927. The molecule has 1 amide bonds. The molecular weight excluding hydrogens is 372 g/mol. The van der Waals surface area contributed by atoms with Gasteiger partial charge >= 0.3 is 0 Å². The first-order chi connectivity index (χ1) is 12.6. The number of likely N-dealkylation sites (N-methyl/N-ethyl adjacent to an activating group) is 1. The van der Waals surface area contributed by atoms with Crippen molar-refractivity contribution in [3.63, 3.8) is 0 Å². The topological polar surface area (TPSA) is 136 Å². The monoisotopic (exact) mass is 392 g/mol. The quantitative estimate of drug-likeness (QED) is 0.545. The van der Waals surface area contributed by atoms with Gasteiger partial charge in [-0.15, -0.1) is 0 Å². The number of nitrogens with two attached hydrogens (primary N) is 1. The lowest BCUT2D eigenvalue weighted by Gasteiger charge is -2.24. The number of anilines is 1. The van der Waals surface area contributed by atoms with E-state index in [-0.39, 0.29) is 29.1 Å². The Labute approximate surface area is 157 Å². The molecule has 0 radical (unpaired) electrons. The highest BCUT2D eigenvalue weighted by Gasteiger charge is 2.16. The van der Waals surface area contributed by atoms with Crippen molar-refractivity contribution >= 4 is 27.3 Å². The van der Waals surface area contributed by atoms with Gasteiger partial charge in [-0.05, 0) is 43.8 Å². The number of rotatable bonds is 7. The molecule has 0 heterocycles. The van der Waals surface area contributed by atoms with Crippen molar-refractivity contribution in [2.24, 2.45) is 5.14 Å². The SMILES string of the molecule is CC(c1ccc(S(N)(=O)=O)cc1)N(C)CC(=O)Nc1ccc([N+](=O)[O-])cc1. The summed E-state index contributed by atoms with van der Waals surface area (Å²) in [5, 5.41) is 18.4. The summed E-state index contributed by atoms with van der Waals surface area (Å²) >= 11 is 0. The van der Waals surface area contributed by atoms with Crippen LogP contribution in [-0.2, 0) is 14.8 Å². The fourth-order valence-electron chi connectivity index (χ4n) is 2.42. The van der Waals surface area contributed by atoms with Gasteiger partial charge in [-0.3, -0.25) is 19.8 Å². The maximum absolute atomic E-state index is 12.2. The van der Waals surface area contributed by atoms with Crippen LogP contribution in [-0.4, -0.2) is 37.7 Å². The summed E-state index contributed by atoms with van der Waals surface area (Å²) in [7, 11) is -1.99. The summed E-state index contributed by atoms with van der Waals surface area (Å²) in [4.78, 5) is 24.1. The van der Waals surface area contributed by atoms with E-state index in [1.165, 1.54) is 36.4 Å². The van der Waals surface area contributed by atoms with Crippen LogP contribution in [0.3, 0.4) is 0 Å². The van der Waals surface area contributed by atoms with Crippen LogP contribution in [0.2, 0.25) is 0 Å². The van der Waals surface area contributed by atoms with Gasteiger partial charge < -0.3 is 5.32 Å². The minimum atomic E-state index is -3.75. The molecule has 0 saturated heterocycles. The van der Waals surface area contributed by atoms with Crippen LogP contribution in [0.25, 0.3) is 0 Å². The molecule has 1 atom stereocenters. The van der Waals surface area contributed by atoms with Gasteiger partial charge in [0.15, 0.2) is 0 Å². The predicted molar refractivity (Wildman–Crippen MR) is 101 cm³/mol. The number of hydrogen-bond acceptors (Lipinski definition) is 6. The Morgan fingerprint density at radius 2 is 1.74 bits per heavy atom. The third kappa shape index (κ3) is 5.58. The van der Waals surface area contributed by atoms with E-state index in [0.717, 1.165) is 5.56 Å². The van der Waals surface area contributed by atoms with Gasteiger partial charge in [0, 0.05) is 23.9 Å². The number of non-ortho nitro benzene ring substituents is 1. The molecule has 2 rings (SSSR count). The van der Waals surface area contributed by atoms with Crippen LogP contribution >= 0.6 is 0 Å². The molecule has 0 aliphatic rings.